The van der Waals surface area contributed by atoms with Crippen LogP contribution in [0.3, 0.4) is 0 Å². The lowest BCUT2D eigenvalue weighted by atomic mass is 9.99. The number of amides is 1. The average Bonchev–Trinajstić information content (AvgIpc) is 2.46. The minimum atomic E-state index is -0.0273. The monoisotopic (exact) mass is 261 g/mol. The highest BCUT2D eigenvalue weighted by atomic mass is 16.1. The van der Waals surface area contributed by atoms with Gasteiger partial charge < -0.3 is 16.0 Å². The fourth-order valence-electron chi connectivity index (χ4n) is 2.56. The van der Waals surface area contributed by atoms with Crippen LogP contribution in [0.4, 0.5) is 5.69 Å². The third kappa shape index (κ3) is 3.47. The molecule has 1 amide bonds. The number of piperidine rings is 1. The van der Waals surface area contributed by atoms with Crippen molar-refractivity contribution in [1.29, 1.82) is 0 Å². The van der Waals surface area contributed by atoms with E-state index in [-0.39, 0.29) is 5.91 Å². The van der Waals surface area contributed by atoms with Crippen LogP contribution in [0.2, 0.25) is 0 Å². The number of hydrogen-bond donors (Lipinski definition) is 3. The lowest BCUT2D eigenvalue weighted by Crippen LogP contribution is -2.33. The molecule has 4 nitrogen and oxygen atoms in total. The summed E-state index contributed by atoms with van der Waals surface area (Å²) in [6, 6.07) is 5.83. The van der Waals surface area contributed by atoms with Crippen LogP contribution in [0.15, 0.2) is 18.2 Å². The van der Waals surface area contributed by atoms with E-state index in [0.29, 0.717) is 5.92 Å². The summed E-state index contributed by atoms with van der Waals surface area (Å²) in [4.78, 5) is 11.7. The van der Waals surface area contributed by atoms with Crippen molar-refractivity contribution < 1.29 is 4.79 Å². The fourth-order valence-corrected chi connectivity index (χ4v) is 2.56. The van der Waals surface area contributed by atoms with Crippen LogP contribution in [0.1, 0.15) is 28.8 Å². The standard InChI is InChI=1S/C15H23N3O/c1-11-13(15(19)16-2)6-3-7-14(11)18-10-12-5-4-8-17-9-12/h3,6-7,12,17-18H,4-5,8-10H2,1-2H3,(H,16,19). The van der Waals surface area contributed by atoms with Gasteiger partial charge in [0, 0.05) is 24.8 Å². The van der Waals surface area contributed by atoms with Crippen LogP contribution in [-0.2, 0) is 0 Å². The largest absolute Gasteiger partial charge is 0.384 e. The second-order valence-electron chi connectivity index (χ2n) is 5.15. The first kappa shape index (κ1) is 13.9. The highest BCUT2D eigenvalue weighted by Crippen LogP contribution is 2.20. The van der Waals surface area contributed by atoms with E-state index in [1.54, 1.807) is 7.05 Å². The molecule has 0 saturated carbocycles. The molecule has 0 bridgehead atoms. The molecule has 19 heavy (non-hydrogen) atoms. The van der Waals surface area contributed by atoms with Crippen molar-refractivity contribution in [3.8, 4) is 0 Å². The Labute approximate surface area is 115 Å². The SMILES string of the molecule is CNC(=O)c1cccc(NCC2CCCNC2)c1C. The van der Waals surface area contributed by atoms with E-state index in [9.17, 15) is 4.79 Å². The Kier molecular flexibility index (Phi) is 4.80. The van der Waals surface area contributed by atoms with Gasteiger partial charge >= 0.3 is 0 Å². The van der Waals surface area contributed by atoms with Crippen molar-refractivity contribution in [2.45, 2.75) is 19.8 Å². The van der Waals surface area contributed by atoms with E-state index < -0.39 is 0 Å². The highest BCUT2D eigenvalue weighted by Gasteiger charge is 2.14. The Morgan fingerprint density at radius 3 is 3.00 bits per heavy atom. The van der Waals surface area contributed by atoms with Gasteiger partial charge in [0.15, 0.2) is 0 Å². The zero-order valence-corrected chi connectivity index (χ0v) is 11.8. The Morgan fingerprint density at radius 2 is 2.32 bits per heavy atom. The van der Waals surface area contributed by atoms with Gasteiger partial charge in [0.1, 0.15) is 0 Å². The first-order valence-corrected chi connectivity index (χ1v) is 6.98. The zero-order valence-electron chi connectivity index (χ0n) is 11.8. The second-order valence-corrected chi connectivity index (χ2v) is 5.15. The van der Waals surface area contributed by atoms with Crippen LogP contribution in [-0.4, -0.2) is 32.6 Å². The third-order valence-corrected chi connectivity index (χ3v) is 3.79. The van der Waals surface area contributed by atoms with Crippen LogP contribution < -0.4 is 16.0 Å². The van der Waals surface area contributed by atoms with Crippen LogP contribution in [0.25, 0.3) is 0 Å². The quantitative estimate of drug-likeness (QED) is 0.774. The van der Waals surface area contributed by atoms with Gasteiger partial charge in [0.25, 0.3) is 5.91 Å². The summed E-state index contributed by atoms with van der Waals surface area (Å²) in [5, 5.41) is 9.58. The van der Waals surface area contributed by atoms with E-state index >= 15 is 0 Å². The molecule has 1 aromatic carbocycles. The normalized spacial score (nSPS) is 18.9. The van der Waals surface area contributed by atoms with Crippen LogP contribution in [0, 0.1) is 12.8 Å². The van der Waals surface area contributed by atoms with Crippen LogP contribution >= 0.6 is 0 Å². The summed E-state index contributed by atoms with van der Waals surface area (Å²) in [6.07, 6.45) is 2.53. The van der Waals surface area contributed by atoms with Crippen molar-refractivity contribution in [2.24, 2.45) is 5.92 Å². The molecule has 1 saturated heterocycles. The molecule has 1 atom stereocenters. The number of rotatable bonds is 4. The Bertz CT molecular complexity index is 439. The van der Waals surface area contributed by atoms with Crippen molar-refractivity contribution in [3.63, 3.8) is 0 Å². The van der Waals surface area contributed by atoms with E-state index in [1.807, 2.05) is 25.1 Å². The summed E-state index contributed by atoms with van der Waals surface area (Å²) >= 11 is 0. The number of benzene rings is 1. The Balaban J connectivity index is 2.01. The van der Waals surface area contributed by atoms with Gasteiger partial charge in [-0.1, -0.05) is 6.07 Å². The minimum Gasteiger partial charge on any atom is -0.384 e. The van der Waals surface area contributed by atoms with Gasteiger partial charge in [-0.15, -0.1) is 0 Å². The van der Waals surface area contributed by atoms with E-state index in [0.717, 1.165) is 36.4 Å². The predicted molar refractivity (Wildman–Crippen MR) is 78.7 cm³/mol. The molecule has 0 spiro atoms. The molecule has 0 radical (unpaired) electrons. The van der Waals surface area contributed by atoms with E-state index in [4.69, 9.17) is 0 Å². The maximum atomic E-state index is 11.7. The molecule has 2 rings (SSSR count). The molecule has 1 unspecified atom stereocenters. The molecule has 1 aliphatic heterocycles. The first-order chi connectivity index (χ1) is 9.22. The van der Waals surface area contributed by atoms with Gasteiger partial charge in [0.05, 0.1) is 0 Å². The molecule has 4 heteroatoms. The molecular weight excluding hydrogens is 238 g/mol. The second kappa shape index (κ2) is 6.57. The summed E-state index contributed by atoms with van der Waals surface area (Å²) in [7, 11) is 1.66. The third-order valence-electron chi connectivity index (χ3n) is 3.79. The van der Waals surface area contributed by atoms with Gasteiger partial charge in [-0.2, -0.15) is 0 Å². The molecular formula is C15H23N3O. The topological polar surface area (TPSA) is 53.2 Å². The van der Waals surface area contributed by atoms with Crippen LogP contribution in [0.5, 0.6) is 0 Å². The minimum absolute atomic E-state index is 0.0273. The van der Waals surface area contributed by atoms with E-state index in [2.05, 4.69) is 16.0 Å². The van der Waals surface area contributed by atoms with Gasteiger partial charge in [-0.3, -0.25) is 4.79 Å². The number of hydrogen-bond acceptors (Lipinski definition) is 3. The molecule has 0 aromatic heterocycles. The number of nitrogens with one attached hydrogen (secondary N) is 3. The highest BCUT2D eigenvalue weighted by molar-refractivity contribution is 5.96. The Morgan fingerprint density at radius 1 is 1.47 bits per heavy atom. The smallest absolute Gasteiger partial charge is 0.251 e. The van der Waals surface area contributed by atoms with Gasteiger partial charge in [0.2, 0.25) is 0 Å². The molecule has 104 valence electrons. The zero-order chi connectivity index (χ0) is 13.7. The molecule has 1 fully saturated rings. The average molecular weight is 261 g/mol. The maximum absolute atomic E-state index is 11.7. The van der Waals surface area contributed by atoms with E-state index in [1.165, 1.54) is 12.8 Å². The molecule has 1 aliphatic rings. The molecule has 1 aromatic rings. The van der Waals surface area contributed by atoms with Crippen molar-refractivity contribution in [3.05, 3.63) is 29.3 Å². The summed E-state index contributed by atoms with van der Waals surface area (Å²) in [6.45, 7) is 5.18. The molecule has 1 heterocycles. The molecule has 3 N–H and O–H groups in total. The predicted octanol–water partition coefficient (Wildman–Crippen LogP) is 1.77. The van der Waals surface area contributed by atoms with Gasteiger partial charge in [-0.25, -0.2) is 0 Å². The fraction of sp³-hybridized carbons (Fsp3) is 0.533. The summed E-state index contributed by atoms with van der Waals surface area (Å²) < 4.78 is 0. The molecule has 0 aliphatic carbocycles. The van der Waals surface area contributed by atoms with Gasteiger partial charge in [-0.05, 0) is 56.5 Å². The number of carbonyl (C=O) groups is 1. The summed E-state index contributed by atoms with van der Waals surface area (Å²) in [5.41, 5.74) is 2.83. The van der Waals surface area contributed by atoms with Crippen molar-refractivity contribution >= 4 is 11.6 Å². The lowest BCUT2D eigenvalue weighted by molar-refractivity contribution is 0.0962. The lowest BCUT2D eigenvalue weighted by Gasteiger charge is -2.24. The number of anilines is 1. The summed E-state index contributed by atoms with van der Waals surface area (Å²) in [5.74, 6) is 0.650. The first-order valence-electron chi connectivity index (χ1n) is 6.98. The van der Waals surface area contributed by atoms with Crippen molar-refractivity contribution in [2.75, 3.05) is 32.0 Å². The maximum Gasteiger partial charge on any atom is 0.251 e. The number of carbonyl (C=O) groups excluding carboxylic acids is 1. The Hall–Kier alpha value is -1.55. The van der Waals surface area contributed by atoms with Crippen molar-refractivity contribution in [1.82, 2.24) is 10.6 Å².